The van der Waals surface area contributed by atoms with Gasteiger partial charge < -0.3 is 19.9 Å². The van der Waals surface area contributed by atoms with Crippen LogP contribution in [0.5, 0.6) is 6.01 Å². The van der Waals surface area contributed by atoms with E-state index in [2.05, 4.69) is 58.4 Å². The van der Waals surface area contributed by atoms with Gasteiger partial charge in [0, 0.05) is 61.9 Å². The average Bonchev–Trinajstić information content (AvgIpc) is 3.23. The summed E-state index contributed by atoms with van der Waals surface area (Å²) in [6.07, 6.45) is 0.606. The van der Waals surface area contributed by atoms with Crippen LogP contribution in [0.4, 0.5) is 15.9 Å². The molecule has 2 fully saturated rings. The van der Waals surface area contributed by atoms with Crippen molar-refractivity contribution >= 4 is 22.3 Å². The summed E-state index contributed by atoms with van der Waals surface area (Å²) in [6.45, 7) is 8.43. The predicted octanol–water partition coefficient (Wildman–Crippen LogP) is 3.33. The summed E-state index contributed by atoms with van der Waals surface area (Å²) in [6, 6.07) is 13.5. The third kappa shape index (κ3) is 4.48. The van der Waals surface area contributed by atoms with Crippen LogP contribution in [-0.2, 0) is 13.0 Å². The van der Waals surface area contributed by atoms with Gasteiger partial charge in [-0.1, -0.05) is 30.3 Å². The molecule has 3 aliphatic heterocycles. The fourth-order valence-corrected chi connectivity index (χ4v) is 5.94. The first-order valence-electron chi connectivity index (χ1n) is 13.1. The van der Waals surface area contributed by atoms with E-state index in [1.54, 1.807) is 0 Å². The molecule has 1 N–H and O–H groups in total. The zero-order chi connectivity index (χ0) is 24.6. The second-order valence-corrected chi connectivity index (χ2v) is 10.4. The fourth-order valence-electron chi connectivity index (χ4n) is 5.94. The lowest BCUT2D eigenvalue weighted by Gasteiger charge is -2.35. The first-order valence-corrected chi connectivity index (χ1v) is 13.1. The fraction of sp³-hybridized carbons (Fsp3) is 0.500. The lowest BCUT2D eigenvalue weighted by atomic mass is 9.99. The summed E-state index contributed by atoms with van der Waals surface area (Å²) in [5, 5.41) is 6.00. The van der Waals surface area contributed by atoms with Crippen LogP contribution < -0.4 is 19.9 Å². The van der Waals surface area contributed by atoms with Crippen molar-refractivity contribution < 1.29 is 9.13 Å². The molecule has 1 aromatic heterocycles. The molecule has 0 bridgehead atoms. The number of hydrogen-bond donors (Lipinski definition) is 1. The van der Waals surface area contributed by atoms with Gasteiger partial charge in [-0.25, -0.2) is 4.39 Å². The number of ether oxygens (including phenoxy) is 1. The van der Waals surface area contributed by atoms with Crippen LogP contribution in [0.2, 0.25) is 0 Å². The second-order valence-electron chi connectivity index (χ2n) is 10.4. The van der Waals surface area contributed by atoms with Gasteiger partial charge >= 0.3 is 6.01 Å². The molecule has 6 rings (SSSR count). The maximum Gasteiger partial charge on any atom is 0.318 e. The number of rotatable bonds is 5. The molecule has 0 amide bonds. The van der Waals surface area contributed by atoms with E-state index >= 15 is 0 Å². The summed E-state index contributed by atoms with van der Waals surface area (Å²) >= 11 is 0. The SMILES string of the molecule is Cc1cccc2cccc(N3CCc4c(nc(OC[C@@H]5C[C@@H](F)CN5C)nc4N4CCNCC4)C3)c12. The first kappa shape index (κ1) is 23.4. The second kappa shape index (κ2) is 9.82. The van der Waals surface area contributed by atoms with E-state index in [9.17, 15) is 4.39 Å². The molecule has 3 aromatic rings. The lowest BCUT2D eigenvalue weighted by molar-refractivity contribution is 0.187. The molecule has 2 saturated heterocycles. The number of piperazine rings is 1. The minimum absolute atomic E-state index is 0.0532. The van der Waals surface area contributed by atoms with Gasteiger partial charge in [0.15, 0.2) is 0 Å². The highest BCUT2D eigenvalue weighted by Crippen LogP contribution is 2.35. The van der Waals surface area contributed by atoms with E-state index in [1.165, 1.54) is 27.6 Å². The normalized spacial score (nSPS) is 22.8. The Morgan fingerprint density at radius 1 is 1.06 bits per heavy atom. The smallest absolute Gasteiger partial charge is 0.318 e. The van der Waals surface area contributed by atoms with E-state index in [4.69, 9.17) is 14.7 Å². The van der Waals surface area contributed by atoms with Gasteiger partial charge in [-0.15, -0.1) is 0 Å². The average molecular weight is 491 g/mol. The number of anilines is 2. The van der Waals surface area contributed by atoms with Gasteiger partial charge in [0.2, 0.25) is 0 Å². The number of nitrogens with one attached hydrogen (secondary N) is 1. The molecule has 7 nitrogen and oxygen atoms in total. The molecule has 190 valence electrons. The van der Waals surface area contributed by atoms with Crippen molar-refractivity contribution in [2.75, 3.05) is 62.7 Å². The van der Waals surface area contributed by atoms with Crippen molar-refractivity contribution in [1.29, 1.82) is 0 Å². The molecule has 8 heteroatoms. The number of fused-ring (bicyclic) bond motifs is 2. The molecule has 36 heavy (non-hydrogen) atoms. The minimum Gasteiger partial charge on any atom is -0.462 e. The van der Waals surface area contributed by atoms with Crippen LogP contribution in [-0.4, -0.2) is 80.0 Å². The van der Waals surface area contributed by atoms with Crippen molar-refractivity contribution in [1.82, 2.24) is 20.2 Å². The largest absolute Gasteiger partial charge is 0.462 e. The Kier molecular flexibility index (Phi) is 6.39. The lowest BCUT2D eigenvalue weighted by Crippen LogP contribution is -2.45. The molecular weight excluding hydrogens is 455 g/mol. The van der Waals surface area contributed by atoms with Crippen molar-refractivity contribution in [3.05, 3.63) is 53.2 Å². The Balaban J connectivity index is 1.32. The molecule has 2 atom stereocenters. The minimum atomic E-state index is -0.790. The monoisotopic (exact) mass is 490 g/mol. The van der Waals surface area contributed by atoms with Gasteiger partial charge in [0.05, 0.1) is 12.2 Å². The van der Waals surface area contributed by atoms with Crippen LogP contribution >= 0.6 is 0 Å². The highest BCUT2D eigenvalue weighted by Gasteiger charge is 2.31. The van der Waals surface area contributed by atoms with Crippen LogP contribution in [0.25, 0.3) is 10.8 Å². The quantitative estimate of drug-likeness (QED) is 0.589. The summed E-state index contributed by atoms with van der Waals surface area (Å²) in [5.74, 6) is 1.01. The Bertz CT molecular complexity index is 1240. The van der Waals surface area contributed by atoms with Crippen LogP contribution in [0.15, 0.2) is 36.4 Å². The van der Waals surface area contributed by atoms with Gasteiger partial charge in [-0.05, 0) is 43.8 Å². The number of hydrogen-bond acceptors (Lipinski definition) is 7. The topological polar surface area (TPSA) is 56.8 Å². The zero-order valence-electron chi connectivity index (χ0n) is 21.2. The van der Waals surface area contributed by atoms with Gasteiger partial charge in [-0.3, -0.25) is 4.90 Å². The maximum absolute atomic E-state index is 13.9. The van der Waals surface area contributed by atoms with Crippen LogP contribution in [0.1, 0.15) is 23.2 Å². The molecule has 0 unspecified atom stereocenters. The summed E-state index contributed by atoms with van der Waals surface area (Å²) in [5.41, 5.74) is 4.81. The number of aromatic nitrogens is 2. The number of likely N-dealkylation sites (N-methyl/N-ethyl adjacent to an activating group) is 1. The van der Waals surface area contributed by atoms with Gasteiger partial charge in [-0.2, -0.15) is 9.97 Å². The third-order valence-electron chi connectivity index (χ3n) is 7.91. The molecule has 0 aliphatic carbocycles. The van der Waals surface area contributed by atoms with Gasteiger partial charge in [0.25, 0.3) is 0 Å². The number of nitrogens with zero attached hydrogens (tertiary/aromatic N) is 5. The Morgan fingerprint density at radius 3 is 2.64 bits per heavy atom. The van der Waals surface area contributed by atoms with E-state index in [1.807, 2.05) is 11.9 Å². The first-order chi connectivity index (χ1) is 17.6. The molecule has 0 spiro atoms. The Morgan fingerprint density at radius 2 is 1.86 bits per heavy atom. The van der Waals surface area contributed by atoms with E-state index < -0.39 is 6.17 Å². The van der Waals surface area contributed by atoms with Crippen molar-refractivity contribution in [2.45, 2.75) is 38.5 Å². The van der Waals surface area contributed by atoms with Crippen LogP contribution in [0, 0.1) is 6.92 Å². The molecule has 0 saturated carbocycles. The number of likely N-dealkylation sites (tertiary alicyclic amines) is 1. The molecular formula is C28H35FN6O. The number of halogens is 1. The van der Waals surface area contributed by atoms with E-state index in [-0.39, 0.29) is 6.04 Å². The van der Waals surface area contributed by atoms with Crippen molar-refractivity contribution in [2.24, 2.45) is 0 Å². The van der Waals surface area contributed by atoms with Crippen molar-refractivity contribution in [3.63, 3.8) is 0 Å². The number of aryl methyl sites for hydroxylation is 1. The number of alkyl halides is 1. The number of benzene rings is 2. The third-order valence-corrected chi connectivity index (χ3v) is 7.91. The maximum atomic E-state index is 13.9. The summed E-state index contributed by atoms with van der Waals surface area (Å²) in [4.78, 5) is 16.7. The van der Waals surface area contributed by atoms with Gasteiger partial charge in [0.1, 0.15) is 18.6 Å². The highest BCUT2D eigenvalue weighted by molar-refractivity contribution is 5.97. The summed E-state index contributed by atoms with van der Waals surface area (Å²) in [7, 11) is 1.96. The summed E-state index contributed by atoms with van der Waals surface area (Å²) < 4.78 is 20.0. The van der Waals surface area contributed by atoms with E-state index in [0.717, 1.165) is 57.2 Å². The van der Waals surface area contributed by atoms with Crippen molar-refractivity contribution in [3.8, 4) is 6.01 Å². The van der Waals surface area contributed by atoms with Crippen LogP contribution in [0.3, 0.4) is 0 Å². The standard InChI is InChI=1S/C28H35FN6O/c1-19-5-3-6-20-7-4-8-25(26(19)20)35-12-9-23-24(17-35)31-28(32-27(23)34-13-10-30-11-14-34)36-18-22-15-21(29)16-33(22)2/h3-8,21-22,30H,9-18H2,1-2H3/t21-,22+/m1/s1. The Hall–Kier alpha value is -2.97. The zero-order valence-corrected chi connectivity index (χ0v) is 21.2. The molecule has 4 heterocycles. The molecule has 3 aliphatic rings. The van der Waals surface area contributed by atoms with E-state index in [0.29, 0.717) is 25.6 Å². The molecule has 0 radical (unpaired) electrons. The highest BCUT2D eigenvalue weighted by atomic mass is 19.1. The predicted molar refractivity (Wildman–Crippen MR) is 142 cm³/mol. The Labute approximate surface area is 212 Å². The molecule has 2 aromatic carbocycles.